The van der Waals surface area contributed by atoms with Crippen molar-refractivity contribution >= 4 is 11.8 Å². The third kappa shape index (κ3) is 1.64. The van der Waals surface area contributed by atoms with Crippen LogP contribution in [0.4, 0.5) is 0 Å². The fourth-order valence-corrected chi connectivity index (χ4v) is 1.17. The van der Waals surface area contributed by atoms with Gasteiger partial charge in [0.25, 0.3) is 0 Å². The van der Waals surface area contributed by atoms with Gasteiger partial charge >= 0.3 is 0 Å². The Bertz CT molecular complexity index is 215. The number of thioether (sulfide) groups is 1. The number of pyridine rings is 1. The van der Waals surface area contributed by atoms with Crippen molar-refractivity contribution in [3.05, 3.63) is 24.0 Å². The van der Waals surface area contributed by atoms with E-state index in [1.807, 2.05) is 6.26 Å². The lowest BCUT2D eigenvalue weighted by Crippen LogP contribution is -1.84. The fraction of sp³-hybridized carbons (Fsp3) is 0.286. The summed E-state index contributed by atoms with van der Waals surface area (Å²) in [6.45, 7) is 0. The molecule has 2 nitrogen and oxygen atoms in total. The van der Waals surface area contributed by atoms with E-state index < -0.39 is 0 Å². The average Bonchev–Trinajstić information content (AvgIpc) is 1.94. The van der Waals surface area contributed by atoms with E-state index in [1.165, 1.54) is 0 Å². The lowest BCUT2D eigenvalue weighted by molar-refractivity contribution is 0.467. The van der Waals surface area contributed by atoms with Crippen LogP contribution in [0.5, 0.6) is 5.75 Å². The van der Waals surface area contributed by atoms with Crippen molar-refractivity contribution in [2.24, 2.45) is 0 Å². The van der Waals surface area contributed by atoms with E-state index in [0.717, 1.165) is 11.4 Å². The number of aromatic hydroxyl groups is 1. The van der Waals surface area contributed by atoms with Crippen molar-refractivity contribution in [1.82, 2.24) is 4.98 Å². The Hall–Kier alpha value is -0.700. The van der Waals surface area contributed by atoms with Crippen LogP contribution in [-0.2, 0) is 5.75 Å². The summed E-state index contributed by atoms with van der Waals surface area (Å²) in [7, 11) is 0. The van der Waals surface area contributed by atoms with Gasteiger partial charge < -0.3 is 5.11 Å². The molecule has 10 heavy (non-hydrogen) atoms. The lowest BCUT2D eigenvalue weighted by Gasteiger charge is -1.98. The Labute approximate surface area is 64.3 Å². The van der Waals surface area contributed by atoms with Gasteiger partial charge in [-0.15, -0.1) is 0 Å². The number of hydrogen-bond donors (Lipinski definition) is 1. The molecule has 1 aromatic rings. The van der Waals surface area contributed by atoms with E-state index >= 15 is 0 Å². The molecule has 0 atom stereocenters. The van der Waals surface area contributed by atoms with Crippen LogP contribution in [0.15, 0.2) is 18.3 Å². The quantitative estimate of drug-likeness (QED) is 0.705. The largest absolute Gasteiger partial charge is 0.506 e. The second kappa shape index (κ2) is 3.46. The zero-order chi connectivity index (χ0) is 7.40. The van der Waals surface area contributed by atoms with Crippen molar-refractivity contribution in [3.63, 3.8) is 0 Å². The summed E-state index contributed by atoms with van der Waals surface area (Å²) >= 11 is 1.65. The fourth-order valence-electron chi connectivity index (χ4n) is 0.677. The molecule has 1 N–H and O–H groups in total. The van der Waals surface area contributed by atoms with Crippen LogP contribution in [0, 0.1) is 0 Å². The number of aromatic nitrogens is 1. The Morgan fingerprint density at radius 1 is 1.70 bits per heavy atom. The first kappa shape index (κ1) is 7.41. The number of nitrogens with zero attached hydrogens (tertiary/aromatic N) is 1. The number of rotatable bonds is 2. The van der Waals surface area contributed by atoms with E-state index in [2.05, 4.69) is 4.98 Å². The zero-order valence-corrected chi connectivity index (χ0v) is 6.56. The molecular weight excluding hydrogens is 146 g/mol. The highest BCUT2D eigenvalue weighted by atomic mass is 32.2. The molecule has 0 bridgehead atoms. The lowest BCUT2D eigenvalue weighted by atomic mass is 10.3. The van der Waals surface area contributed by atoms with Gasteiger partial charge in [0.15, 0.2) is 0 Å². The van der Waals surface area contributed by atoms with E-state index in [0.29, 0.717) is 0 Å². The van der Waals surface area contributed by atoms with Crippen molar-refractivity contribution < 1.29 is 5.11 Å². The van der Waals surface area contributed by atoms with Crippen LogP contribution < -0.4 is 0 Å². The highest BCUT2D eigenvalue weighted by Crippen LogP contribution is 2.16. The van der Waals surface area contributed by atoms with Crippen LogP contribution in [-0.4, -0.2) is 16.3 Å². The average molecular weight is 155 g/mol. The summed E-state index contributed by atoms with van der Waals surface area (Å²) in [5.74, 6) is 1.06. The molecule has 3 heteroatoms. The summed E-state index contributed by atoms with van der Waals surface area (Å²) in [5, 5.41) is 9.17. The van der Waals surface area contributed by atoms with Gasteiger partial charge in [0.1, 0.15) is 5.75 Å². The summed E-state index contributed by atoms with van der Waals surface area (Å²) in [6, 6.07) is 3.37. The molecule has 0 aliphatic heterocycles. The topological polar surface area (TPSA) is 33.1 Å². The minimum absolute atomic E-state index is 0.289. The van der Waals surface area contributed by atoms with Gasteiger partial charge in [0.05, 0.1) is 5.69 Å². The van der Waals surface area contributed by atoms with Gasteiger partial charge in [-0.25, -0.2) is 0 Å². The minimum Gasteiger partial charge on any atom is -0.506 e. The molecule has 1 heterocycles. The maximum Gasteiger partial charge on any atom is 0.137 e. The minimum atomic E-state index is 0.289. The summed E-state index contributed by atoms with van der Waals surface area (Å²) in [4.78, 5) is 4.00. The standard InChI is InChI=1S/C7H9NOS/c1-10-5-6-7(9)3-2-4-8-6/h2-4,9H,5H2,1H3. The molecule has 0 fully saturated rings. The molecule has 0 aliphatic rings. The molecule has 0 amide bonds. The zero-order valence-electron chi connectivity index (χ0n) is 5.74. The van der Waals surface area contributed by atoms with Gasteiger partial charge in [0, 0.05) is 11.9 Å². The highest BCUT2D eigenvalue weighted by molar-refractivity contribution is 7.97. The van der Waals surface area contributed by atoms with Crippen molar-refractivity contribution in [1.29, 1.82) is 0 Å². The number of hydrogen-bond acceptors (Lipinski definition) is 3. The summed E-state index contributed by atoms with van der Waals surface area (Å²) < 4.78 is 0. The van der Waals surface area contributed by atoms with E-state index in [-0.39, 0.29) is 5.75 Å². The molecule has 1 rings (SSSR count). The van der Waals surface area contributed by atoms with Gasteiger partial charge in [-0.2, -0.15) is 11.8 Å². The third-order valence-corrected chi connectivity index (χ3v) is 1.71. The first-order valence-corrected chi connectivity index (χ1v) is 4.36. The molecule has 0 spiro atoms. The van der Waals surface area contributed by atoms with Crippen molar-refractivity contribution in [3.8, 4) is 5.75 Å². The van der Waals surface area contributed by atoms with Crippen LogP contribution >= 0.6 is 11.8 Å². The molecule has 1 aromatic heterocycles. The molecule has 0 saturated heterocycles. The first-order valence-electron chi connectivity index (χ1n) is 2.96. The van der Waals surface area contributed by atoms with Crippen molar-refractivity contribution in [2.75, 3.05) is 6.26 Å². The monoisotopic (exact) mass is 155 g/mol. The molecular formula is C7H9NOS. The molecule has 0 aromatic carbocycles. The van der Waals surface area contributed by atoms with Crippen LogP contribution in [0.25, 0.3) is 0 Å². The smallest absolute Gasteiger partial charge is 0.137 e. The van der Waals surface area contributed by atoms with Gasteiger partial charge in [-0.3, -0.25) is 4.98 Å². The molecule has 0 unspecified atom stereocenters. The SMILES string of the molecule is CSCc1ncccc1O. The van der Waals surface area contributed by atoms with E-state index in [9.17, 15) is 0 Å². The van der Waals surface area contributed by atoms with Crippen LogP contribution in [0.2, 0.25) is 0 Å². The second-order valence-corrected chi connectivity index (χ2v) is 2.77. The second-order valence-electron chi connectivity index (χ2n) is 1.90. The molecule has 0 saturated carbocycles. The van der Waals surface area contributed by atoms with E-state index in [1.54, 1.807) is 30.1 Å². The Balaban J connectivity index is 2.81. The normalized spacial score (nSPS) is 9.70. The predicted octanol–water partition coefficient (Wildman–Crippen LogP) is 1.65. The maximum absolute atomic E-state index is 9.17. The van der Waals surface area contributed by atoms with Gasteiger partial charge in [-0.05, 0) is 18.4 Å². The summed E-state index contributed by atoms with van der Waals surface area (Å²) in [6.07, 6.45) is 3.67. The molecule has 54 valence electrons. The Morgan fingerprint density at radius 3 is 3.10 bits per heavy atom. The van der Waals surface area contributed by atoms with E-state index in [4.69, 9.17) is 5.11 Å². The van der Waals surface area contributed by atoms with Gasteiger partial charge in [-0.1, -0.05) is 0 Å². The first-order chi connectivity index (χ1) is 4.84. The predicted molar refractivity (Wildman–Crippen MR) is 43.1 cm³/mol. The third-order valence-electron chi connectivity index (χ3n) is 1.15. The molecule has 0 aliphatic carbocycles. The Kier molecular flexibility index (Phi) is 2.57. The Morgan fingerprint density at radius 2 is 2.50 bits per heavy atom. The maximum atomic E-state index is 9.17. The van der Waals surface area contributed by atoms with Gasteiger partial charge in [0.2, 0.25) is 0 Å². The highest BCUT2D eigenvalue weighted by Gasteiger charge is 1.97. The van der Waals surface area contributed by atoms with Crippen molar-refractivity contribution in [2.45, 2.75) is 5.75 Å². The molecule has 0 radical (unpaired) electrons. The van der Waals surface area contributed by atoms with Crippen LogP contribution in [0.1, 0.15) is 5.69 Å². The summed E-state index contributed by atoms with van der Waals surface area (Å²) in [5.41, 5.74) is 0.759. The van der Waals surface area contributed by atoms with Crippen LogP contribution in [0.3, 0.4) is 0 Å².